The van der Waals surface area contributed by atoms with Crippen molar-refractivity contribution >= 4 is 5.78 Å². The fourth-order valence-electron chi connectivity index (χ4n) is 3.78. The van der Waals surface area contributed by atoms with Gasteiger partial charge in [-0.25, -0.2) is 0 Å². The number of carbonyl (C=O) groups excluding carboxylic acids is 1. The Morgan fingerprint density at radius 3 is 2.92 bits per heavy atom. The molecule has 0 amide bonds. The Morgan fingerprint density at radius 2 is 2.15 bits per heavy atom. The minimum Gasteiger partial charge on any atom is -0.496 e. The van der Waals surface area contributed by atoms with Crippen LogP contribution < -0.4 is 4.74 Å². The van der Waals surface area contributed by atoms with Crippen LogP contribution in [0.15, 0.2) is 30.5 Å². The van der Waals surface area contributed by atoms with Gasteiger partial charge < -0.3 is 4.74 Å². The van der Waals surface area contributed by atoms with Crippen molar-refractivity contribution in [2.75, 3.05) is 20.2 Å². The summed E-state index contributed by atoms with van der Waals surface area (Å²) in [5.74, 6) is 0.905. The van der Waals surface area contributed by atoms with Crippen LogP contribution in [0.25, 0.3) is 0 Å². The van der Waals surface area contributed by atoms with E-state index in [1.165, 1.54) is 5.56 Å². The second kappa shape index (κ2) is 8.49. The van der Waals surface area contributed by atoms with E-state index in [9.17, 15) is 4.79 Å². The molecule has 1 fully saturated rings. The molecule has 0 saturated carbocycles. The summed E-state index contributed by atoms with van der Waals surface area (Å²) in [6.07, 6.45) is 5.24. The summed E-state index contributed by atoms with van der Waals surface area (Å²) in [4.78, 5) is 15.4. The second-order valence-electron chi connectivity index (χ2n) is 7.14. The molecule has 0 spiro atoms. The zero-order valence-corrected chi connectivity index (χ0v) is 16.1. The molecule has 1 aromatic heterocycles. The van der Waals surface area contributed by atoms with E-state index in [1.807, 2.05) is 28.9 Å². The molecule has 0 bridgehead atoms. The second-order valence-corrected chi connectivity index (χ2v) is 7.14. The van der Waals surface area contributed by atoms with Crippen LogP contribution in [0.1, 0.15) is 47.8 Å². The Kier molecular flexibility index (Phi) is 6.09. The van der Waals surface area contributed by atoms with Gasteiger partial charge in [0.1, 0.15) is 5.75 Å². The molecule has 5 heteroatoms. The quantitative estimate of drug-likeness (QED) is 0.711. The highest BCUT2D eigenvalue weighted by Crippen LogP contribution is 2.27. The maximum atomic E-state index is 13.0. The molecule has 1 aromatic carbocycles. The van der Waals surface area contributed by atoms with E-state index in [0.29, 0.717) is 11.3 Å². The lowest BCUT2D eigenvalue weighted by atomic mass is 9.89. The van der Waals surface area contributed by atoms with E-state index < -0.39 is 0 Å². The molecule has 1 aliphatic rings. The number of para-hydroxylation sites is 1. The third-order valence-corrected chi connectivity index (χ3v) is 5.14. The summed E-state index contributed by atoms with van der Waals surface area (Å²) in [7, 11) is 1.62. The fraction of sp³-hybridized carbons (Fsp3) is 0.524. The number of likely N-dealkylation sites (tertiary alicyclic amines) is 1. The van der Waals surface area contributed by atoms with Crippen LogP contribution in [-0.4, -0.2) is 40.7 Å². The lowest BCUT2D eigenvalue weighted by Gasteiger charge is -2.32. The number of methoxy groups -OCH3 is 1. The van der Waals surface area contributed by atoms with Crippen molar-refractivity contribution in [1.29, 1.82) is 0 Å². The molecule has 1 aliphatic heterocycles. The first-order valence-corrected chi connectivity index (χ1v) is 9.55. The van der Waals surface area contributed by atoms with Crippen molar-refractivity contribution in [1.82, 2.24) is 14.7 Å². The number of benzene rings is 1. The number of nitrogens with zero attached hydrogens (tertiary/aromatic N) is 3. The predicted molar refractivity (Wildman–Crippen MR) is 103 cm³/mol. The van der Waals surface area contributed by atoms with Gasteiger partial charge >= 0.3 is 0 Å². The van der Waals surface area contributed by atoms with Gasteiger partial charge in [0.15, 0.2) is 5.78 Å². The number of piperidine rings is 1. The summed E-state index contributed by atoms with van der Waals surface area (Å²) in [5, 5.41) is 4.60. The van der Waals surface area contributed by atoms with Crippen molar-refractivity contribution in [3.05, 3.63) is 47.3 Å². The number of carbonyl (C=O) groups is 1. The van der Waals surface area contributed by atoms with E-state index in [-0.39, 0.29) is 11.7 Å². The zero-order chi connectivity index (χ0) is 18.5. The third kappa shape index (κ3) is 4.15. The molecule has 140 valence electrons. The number of rotatable bonds is 7. The Labute approximate surface area is 156 Å². The molecule has 1 saturated heterocycles. The summed E-state index contributed by atoms with van der Waals surface area (Å²) in [5.41, 5.74) is 3.06. The number of aromatic nitrogens is 2. The first-order valence-electron chi connectivity index (χ1n) is 9.55. The van der Waals surface area contributed by atoms with E-state index in [4.69, 9.17) is 4.74 Å². The molecule has 0 unspecified atom stereocenters. The third-order valence-electron chi connectivity index (χ3n) is 5.14. The maximum Gasteiger partial charge on any atom is 0.170 e. The van der Waals surface area contributed by atoms with Gasteiger partial charge in [-0.05, 0) is 44.9 Å². The average Bonchev–Trinajstić information content (AvgIpc) is 3.00. The molecular weight excluding hydrogens is 326 g/mol. The molecule has 2 aromatic rings. The van der Waals surface area contributed by atoms with Crippen LogP contribution in [0.2, 0.25) is 0 Å². The summed E-state index contributed by atoms with van der Waals surface area (Å²) in [6, 6.07) is 7.54. The largest absolute Gasteiger partial charge is 0.496 e. The van der Waals surface area contributed by atoms with Crippen LogP contribution in [0, 0.1) is 12.8 Å². The van der Waals surface area contributed by atoms with Crippen molar-refractivity contribution in [2.24, 2.45) is 5.92 Å². The smallest absolute Gasteiger partial charge is 0.170 e. The normalized spacial score (nSPS) is 18.0. The highest BCUT2D eigenvalue weighted by Gasteiger charge is 2.28. The molecule has 0 aliphatic carbocycles. The van der Waals surface area contributed by atoms with E-state index >= 15 is 0 Å². The molecule has 0 radical (unpaired) electrons. The maximum absolute atomic E-state index is 13.0. The highest BCUT2D eigenvalue weighted by atomic mass is 16.5. The van der Waals surface area contributed by atoms with Crippen LogP contribution in [0.5, 0.6) is 5.75 Å². The number of ether oxygens (including phenoxy) is 1. The fourth-order valence-corrected chi connectivity index (χ4v) is 3.78. The standard InChI is InChI=1S/C21H29N3O2/c1-4-11-24-15-18(16(2)22-24)14-23-12-7-8-17(13-23)21(25)19-9-5-6-10-20(19)26-3/h5-6,9-10,15,17H,4,7-8,11-14H2,1-3H3/t17-/m0/s1. The number of hydrogen-bond acceptors (Lipinski definition) is 4. The molecule has 5 nitrogen and oxygen atoms in total. The number of ketones is 1. The van der Waals surface area contributed by atoms with Crippen molar-refractivity contribution in [3.63, 3.8) is 0 Å². The Bertz CT molecular complexity index is 753. The highest BCUT2D eigenvalue weighted by molar-refractivity contribution is 6.00. The average molecular weight is 355 g/mol. The monoisotopic (exact) mass is 355 g/mol. The van der Waals surface area contributed by atoms with Gasteiger partial charge in [-0.15, -0.1) is 0 Å². The predicted octanol–water partition coefficient (Wildman–Crippen LogP) is 3.71. The zero-order valence-electron chi connectivity index (χ0n) is 16.1. The molecule has 1 atom stereocenters. The minimum atomic E-state index is 0.0334. The first kappa shape index (κ1) is 18.6. The molecule has 2 heterocycles. The number of Topliss-reactive ketones (excluding diaryl/α,β-unsaturated/α-hetero) is 1. The van der Waals surface area contributed by atoms with Gasteiger partial charge in [-0.3, -0.25) is 14.4 Å². The van der Waals surface area contributed by atoms with Gasteiger partial charge in [0.2, 0.25) is 0 Å². The molecular formula is C21H29N3O2. The lowest BCUT2D eigenvalue weighted by Crippen LogP contribution is -2.38. The van der Waals surface area contributed by atoms with Crippen LogP contribution in [0.3, 0.4) is 0 Å². The van der Waals surface area contributed by atoms with E-state index in [2.05, 4.69) is 30.0 Å². The summed E-state index contributed by atoms with van der Waals surface area (Å²) >= 11 is 0. The van der Waals surface area contributed by atoms with E-state index in [0.717, 1.165) is 51.1 Å². The van der Waals surface area contributed by atoms with Gasteiger partial charge in [-0.2, -0.15) is 5.10 Å². The van der Waals surface area contributed by atoms with Crippen molar-refractivity contribution in [2.45, 2.75) is 46.2 Å². The van der Waals surface area contributed by atoms with E-state index in [1.54, 1.807) is 7.11 Å². The van der Waals surface area contributed by atoms with Gasteiger partial charge in [0, 0.05) is 37.3 Å². The first-order chi connectivity index (χ1) is 12.6. The molecule has 26 heavy (non-hydrogen) atoms. The Morgan fingerprint density at radius 1 is 1.35 bits per heavy atom. The summed E-state index contributed by atoms with van der Waals surface area (Å²) < 4.78 is 7.41. The lowest BCUT2D eigenvalue weighted by molar-refractivity contribution is 0.0808. The number of aryl methyl sites for hydroxylation is 2. The van der Waals surface area contributed by atoms with Crippen molar-refractivity contribution in [3.8, 4) is 5.75 Å². The topological polar surface area (TPSA) is 47.4 Å². The van der Waals surface area contributed by atoms with Gasteiger partial charge in [-0.1, -0.05) is 19.1 Å². The molecule has 3 rings (SSSR count). The van der Waals surface area contributed by atoms with Crippen LogP contribution in [0.4, 0.5) is 0 Å². The van der Waals surface area contributed by atoms with Gasteiger partial charge in [0.05, 0.1) is 18.4 Å². The van der Waals surface area contributed by atoms with Crippen molar-refractivity contribution < 1.29 is 9.53 Å². The van der Waals surface area contributed by atoms with Crippen LogP contribution >= 0.6 is 0 Å². The minimum absolute atomic E-state index is 0.0334. The van der Waals surface area contributed by atoms with Crippen LogP contribution in [-0.2, 0) is 13.1 Å². The SMILES string of the molecule is CCCn1cc(CN2CCC[C@H](C(=O)c3ccccc3OC)C2)c(C)n1. The molecule has 0 N–H and O–H groups in total. The Balaban J connectivity index is 1.68. The van der Waals surface area contributed by atoms with Gasteiger partial charge in [0.25, 0.3) is 0 Å². The Hall–Kier alpha value is -2.14. The number of hydrogen-bond donors (Lipinski definition) is 0. The summed E-state index contributed by atoms with van der Waals surface area (Å²) in [6.45, 7) is 7.89.